The summed E-state index contributed by atoms with van der Waals surface area (Å²) in [5.41, 5.74) is 9.61. The maximum atomic E-state index is 11.5. The van der Waals surface area contributed by atoms with Gasteiger partial charge in [0.25, 0.3) is 0 Å². The Bertz CT molecular complexity index is 1290. The van der Waals surface area contributed by atoms with Crippen LogP contribution in [0, 0.1) is 5.92 Å². The molecule has 1 fully saturated rings. The molecule has 1 aliphatic heterocycles. The second-order valence-corrected chi connectivity index (χ2v) is 9.00. The molecular weight excluding hydrogens is 440 g/mol. The van der Waals surface area contributed by atoms with Crippen molar-refractivity contribution in [3.8, 4) is 22.9 Å². The first kappa shape index (κ1) is 22.9. The number of nitrogens with one attached hydrogen (secondary N) is 2. The van der Waals surface area contributed by atoms with Crippen LogP contribution in [0.2, 0.25) is 0 Å². The monoisotopic (exact) mass is 470 g/mol. The summed E-state index contributed by atoms with van der Waals surface area (Å²) in [6.07, 6.45) is 3.15. The summed E-state index contributed by atoms with van der Waals surface area (Å²) in [5.74, 6) is 2.48. The van der Waals surface area contributed by atoms with Crippen molar-refractivity contribution in [2.45, 2.75) is 25.4 Å². The number of benzene rings is 3. The van der Waals surface area contributed by atoms with E-state index in [-0.39, 0.29) is 6.10 Å². The molecule has 3 aromatic carbocycles. The molecular formula is C28H30N4O3. The van der Waals surface area contributed by atoms with Crippen LogP contribution in [0.1, 0.15) is 28.8 Å². The van der Waals surface area contributed by atoms with Crippen molar-refractivity contribution in [3.63, 3.8) is 0 Å². The number of methoxy groups -OCH3 is 1. The first-order valence-electron chi connectivity index (χ1n) is 12.0. The SMILES string of the molecule is COc1ccc(CC(Oc2ccc(-c3nc4ccc(C(N)=O)cc4[nH]3)cc2)C2CCNCC2)cc1. The number of piperidine rings is 1. The number of imidazole rings is 1. The number of rotatable bonds is 8. The number of primary amides is 1. The number of carbonyl (C=O) groups is 1. The van der Waals surface area contributed by atoms with Gasteiger partial charge in [0.15, 0.2) is 0 Å². The lowest BCUT2D eigenvalue weighted by Crippen LogP contribution is -2.38. The zero-order chi connectivity index (χ0) is 24.2. The molecule has 1 saturated heterocycles. The van der Waals surface area contributed by atoms with E-state index in [4.69, 9.17) is 15.2 Å². The fraction of sp³-hybridized carbons (Fsp3) is 0.286. The molecule has 35 heavy (non-hydrogen) atoms. The average molecular weight is 471 g/mol. The lowest BCUT2D eigenvalue weighted by molar-refractivity contribution is 0.100. The van der Waals surface area contributed by atoms with Gasteiger partial charge >= 0.3 is 0 Å². The Morgan fingerprint density at radius 2 is 1.74 bits per heavy atom. The van der Waals surface area contributed by atoms with Gasteiger partial charge in [-0.05, 0) is 92.0 Å². The molecule has 0 radical (unpaired) electrons. The number of amides is 1. The maximum Gasteiger partial charge on any atom is 0.248 e. The van der Waals surface area contributed by atoms with Crippen molar-refractivity contribution in [1.29, 1.82) is 0 Å². The second kappa shape index (κ2) is 10.2. The molecule has 0 spiro atoms. The lowest BCUT2D eigenvalue weighted by Gasteiger charge is -2.31. The lowest BCUT2D eigenvalue weighted by atomic mass is 9.88. The predicted octanol–water partition coefficient (Wildman–Crippen LogP) is 4.33. The van der Waals surface area contributed by atoms with Crippen LogP contribution in [0.5, 0.6) is 11.5 Å². The van der Waals surface area contributed by atoms with Gasteiger partial charge in [-0.3, -0.25) is 4.79 Å². The van der Waals surface area contributed by atoms with E-state index in [0.717, 1.165) is 66.3 Å². The summed E-state index contributed by atoms with van der Waals surface area (Å²) < 4.78 is 11.9. The van der Waals surface area contributed by atoms with Crippen LogP contribution in [0.25, 0.3) is 22.4 Å². The van der Waals surface area contributed by atoms with Gasteiger partial charge in [-0.25, -0.2) is 4.98 Å². The Balaban J connectivity index is 1.34. The summed E-state index contributed by atoms with van der Waals surface area (Å²) in [5, 5.41) is 3.45. The van der Waals surface area contributed by atoms with E-state index in [9.17, 15) is 4.79 Å². The summed E-state index contributed by atoms with van der Waals surface area (Å²) >= 11 is 0. The molecule has 4 aromatic rings. The van der Waals surface area contributed by atoms with E-state index >= 15 is 0 Å². The van der Waals surface area contributed by atoms with Gasteiger partial charge < -0.3 is 25.5 Å². The summed E-state index contributed by atoms with van der Waals surface area (Å²) in [6, 6.07) is 21.5. The number of carbonyl (C=O) groups excluding carboxylic acids is 1. The summed E-state index contributed by atoms with van der Waals surface area (Å²) in [4.78, 5) is 19.4. The Kier molecular flexibility index (Phi) is 6.68. The molecule has 4 N–H and O–H groups in total. The highest BCUT2D eigenvalue weighted by atomic mass is 16.5. The van der Waals surface area contributed by atoms with Crippen molar-refractivity contribution >= 4 is 16.9 Å². The van der Waals surface area contributed by atoms with Gasteiger partial charge in [0.05, 0.1) is 18.1 Å². The second-order valence-electron chi connectivity index (χ2n) is 9.00. The van der Waals surface area contributed by atoms with Crippen molar-refractivity contribution < 1.29 is 14.3 Å². The van der Waals surface area contributed by atoms with Crippen LogP contribution in [-0.2, 0) is 6.42 Å². The zero-order valence-corrected chi connectivity index (χ0v) is 19.8. The van der Waals surface area contributed by atoms with Crippen LogP contribution in [0.3, 0.4) is 0 Å². The Labute approximate surface area is 204 Å². The van der Waals surface area contributed by atoms with Gasteiger partial charge in [-0.1, -0.05) is 12.1 Å². The molecule has 1 aromatic heterocycles. The normalized spacial score (nSPS) is 15.1. The molecule has 7 heteroatoms. The summed E-state index contributed by atoms with van der Waals surface area (Å²) in [6.45, 7) is 2.05. The van der Waals surface area contributed by atoms with Crippen LogP contribution in [0.15, 0.2) is 66.7 Å². The molecule has 180 valence electrons. The maximum absolute atomic E-state index is 11.5. The molecule has 5 rings (SSSR count). The first-order chi connectivity index (χ1) is 17.1. The van der Waals surface area contributed by atoms with Gasteiger partial charge in [0, 0.05) is 17.5 Å². The molecule has 2 heterocycles. The van der Waals surface area contributed by atoms with E-state index in [2.05, 4.69) is 27.4 Å². The van der Waals surface area contributed by atoms with Crippen LogP contribution >= 0.6 is 0 Å². The number of aromatic nitrogens is 2. The van der Waals surface area contributed by atoms with Crippen molar-refractivity contribution in [2.75, 3.05) is 20.2 Å². The van der Waals surface area contributed by atoms with Crippen LogP contribution in [0.4, 0.5) is 0 Å². The number of ether oxygens (including phenoxy) is 2. The third-order valence-corrected chi connectivity index (χ3v) is 6.69. The number of aromatic amines is 1. The minimum Gasteiger partial charge on any atom is -0.497 e. The van der Waals surface area contributed by atoms with Gasteiger partial charge in [-0.2, -0.15) is 0 Å². The number of nitrogens with zero attached hydrogens (tertiary/aromatic N) is 1. The topological polar surface area (TPSA) is 102 Å². The highest BCUT2D eigenvalue weighted by molar-refractivity contribution is 5.96. The minimum absolute atomic E-state index is 0.0924. The molecule has 1 unspecified atom stereocenters. The quantitative estimate of drug-likeness (QED) is 0.356. The van der Waals surface area contributed by atoms with Crippen molar-refractivity contribution in [1.82, 2.24) is 15.3 Å². The zero-order valence-electron chi connectivity index (χ0n) is 19.8. The van der Waals surface area contributed by atoms with E-state index < -0.39 is 5.91 Å². The van der Waals surface area contributed by atoms with Gasteiger partial charge in [-0.15, -0.1) is 0 Å². The largest absolute Gasteiger partial charge is 0.497 e. The standard InChI is InChI=1S/C28H30N4O3/c1-34-22-7-2-18(3-8-22)16-26(19-12-14-30-15-13-19)35-23-9-4-20(5-10-23)28-31-24-11-6-21(27(29)33)17-25(24)32-28/h2-11,17,19,26,30H,12-16H2,1H3,(H2,29,33)(H,31,32). The Morgan fingerprint density at radius 3 is 2.43 bits per heavy atom. The van der Waals surface area contributed by atoms with E-state index in [1.165, 1.54) is 5.56 Å². The Hall–Kier alpha value is -3.84. The van der Waals surface area contributed by atoms with Gasteiger partial charge in [0.1, 0.15) is 23.4 Å². The van der Waals surface area contributed by atoms with E-state index in [1.807, 2.05) is 36.4 Å². The minimum atomic E-state index is -0.456. The number of hydrogen-bond acceptors (Lipinski definition) is 5. The van der Waals surface area contributed by atoms with E-state index in [1.54, 1.807) is 25.3 Å². The highest BCUT2D eigenvalue weighted by Gasteiger charge is 2.25. The number of H-pyrrole nitrogens is 1. The molecule has 1 aliphatic rings. The average Bonchev–Trinajstić information content (AvgIpc) is 3.33. The third-order valence-electron chi connectivity index (χ3n) is 6.69. The van der Waals surface area contributed by atoms with Gasteiger partial charge in [0.2, 0.25) is 5.91 Å². The molecule has 7 nitrogen and oxygen atoms in total. The predicted molar refractivity (Wildman–Crippen MR) is 137 cm³/mol. The number of hydrogen-bond donors (Lipinski definition) is 3. The van der Waals surface area contributed by atoms with Crippen molar-refractivity contribution in [2.24, 2.45) is 11.7 Å². The molecule has 0 saturated carbocycles. The fourth-order valence-electron chi connectivity index (χ4n) is 4.68. The van der Waals surface area contributed by atoms with Crippen LogP contribution in [-0.4, -0.2) is 42.2 Å². The Morgan fingerprint density at radius 1 is 1.03 bits per heavy atom. The van der Waals surface area contributed by atoms with Crippen LogP contribution < -0.4 is 20.5 Å². The molecule has 1 amide bonds. The van der Waals surface area contributed by atoms with Crippen molar-refractivity contribution in [3.05, 3.63) is 77.9 Å². The summed E-state index contributed by atoms with van der Waals surface area (Å²) in [7, 11) is 1.68. The fourth-order valence-corrected chi connectivity index (χ4v) is 4.68. The smallest absolute Gasteiger partial charge is 0.248 e. The molecule has 0 bridgehead atoms. The number of nitrogens with two attached hydrogens (primary N) is 1. The van der Waals surface area contributed by atoms with E-state index in [0.29, 0.717) is 11.5 Å². The first-order valence-corrected chi connectivity index (χ1v) is 12.0. The molecule has 1 atom stereocenters. The third kappa shape index (κ3) is 5.30. The number of fused-ring (bicyclic) bond motifs is 1. The molecule has 0 aliphatic carbocycles. The highest BCUT2D eigenvalue weighted by Crippen LogP contribution is 2.28.